The highest BCUT2D eigenvalue weighted by molar-refractivity contribution is 5.80. The fourth-order valence-electron chi connectivity index (χ4n) is 4.57. The minimum Gasteiger partial charge on any atom is -0.336 e. The van der Waals surface area contributed by atoms with Crippen LogP contribution in [0.1, 0.15) is 62.4 Å². The number of hydrogen-bond donors (Lipinski definition) is 0. The predicted octanol–water partition coefficient (Wildman–Crippen LogP) is 4.60. The van der Waals surface area contributed by atoms with Crippen LogP contribution in [0.5, 0.6) is 0 Å². The van der Waals surface area contributed by atoms with Crippen molar-refractivity contribution >= 4 is 5.91 Å². The monoisotopic (exact) mass is 365 g/mol. The Bertz CT molecular complexity index is 799. The van der Waals surface area contributed by atoms with Gasteiger partial charge in [-0.2, -0.15) is 5.10 Å². The normalized spacial score (nSPS) is 22.6. The van der Waals surface area contributed by atoms with E-state index in [2.05, 4.69) is 30.9 Å². The van der Waals surface area contributed by atoms with Gasteiger partial charge in [-0.1, -0.05) is 25.1 Å². The topological polar surface area (TPSA) is 38.1 Å². The van der Waals surface area contributed by atoms with E-state index in [0.29, 0.717) is 24.4 Å². The maximum atomic E-state index is 13.3. The van der Waals surface area contributed by atoms with Crippen LogP contribution in [-0.4, -0.2) is 32.7 Å². The van der Waals surface area contributed by atoms with E-state index >= 15 is 0 Å². The fourth-order valence-corrected chi connectivity index (χ4v) is 4.57. The van der Waals surface area contributed by atoms with Gasteiger partial charge in [0.1, 0.15) is 0 Å². The van der Waals surface area contributed by atoms with Crippen LogP contribution in [0.15, 0.2) is 30.3 Å². The number of hydrogen-bond acceptors (Lipinski definition) is 2. The Labute approximate surface area is 162 Å². The van der Waals surface area contributed by atoms with Gasteiger partial charge in [0.05, 0.1) is 17.8 Å². The Balaban J connectivity index is 1.54. The summed E-state index contributed by atoms with van der Waals surface area (Å²) in [5.41, 5.74) is 4.20. The zero-order valence-corrected chi connectivity index (χ0v) is 16.8. The summed E-state index contributed by atoms with van der Waals surface area (Å²) in [5.74, 6) is 1.11. The van der Waals surface area contributed by atoms with Crippen molar-refractivity contribution < 1.29 is 4.79 Å². The molecule has 4 rings (SSSR count). The molecule has 2 saturated carbocycles. The summed E-state index contributed by atoms with van der Waals surface area (Å²) in [5, 5.41) is 4.72. The summed E-state index contributed by atoms with van der Waals surface area (Å²) in [6.07, 6.45) is 7.69. The summed E-state index contributed by atoms with van der Waals surface area (Å²) in [4.78, 5) is 15.6. The number of rotatable bonds is 5. The number of aryl methyl sites for hydroxylation is 1. The van der Waals surface area contributed by atoms with Crippen molar-refractivity contribution in [3.05, 3.63) is 47.3 Å². The van der Waals surface area contributed by atoms with Crippen LogP contribution in [0, 0.1) is 19.8 Å². The Kier molecular flexibility index (Phi) is 5.07. The van der Waals surface area contributed by atoms with E-state index in [1.165, 1.54) is 38.5 Å². The molecule has 0 unspecified atom stereocenters. The number of aromatic nitrogens is 2. The third-order valence-electron chi connectivity index (χ3n) is 6.38. The molecule has 2 fully saturated rings. The van der Waals surface area contributed by atoms with Crippen molar-refractivity contribution in [3.63, 3.8) is 0 Å². The third kappa shape index (κ3) is 3.80. The lowest BCUT2D eigenvalue weighted by atomic mass is 9.86. The first-order valence-electron chi connectivity index (χ1n) is 10.5. The van der Waals surface area contributed by atoms with Gasteiger partial charge in [0.2, 0.25) is 5.91 Å². The highest BCUT2D eigenvalue weighted by Gasteiger charge is 2.38. The lowest BCUT2D eigenvalue weighted by Crippen LogP contribution is -2.44. The number of carbonyl (C=O) groups excluding carboxylic acids is 1. The van der Waals surface area contributed by atoms with Crippen molar-refractivity contribution in [3.8, 4) is 5.69 Å². The molecule has 27 heavy (non-hydrogen) atoms. The van der Waals surface area contributed by atoms with E-state index in [9.17, 15) is 4.79 Å². The average Bonchev–Trinajstić information content (AvgIpc) is 3.46. The maximum Gasteiger partial charge on any atom is 0.227 e. The van der Waals surface area contributed by atoms with Crippen molar-refractivity contribution in [1.82, 2.24) is 14.7 Å². The SMILES string of the molecule is Cc1nn(-c2ccccc2)c(C)c1CC(=O)N(C1CCC(C)CC1)C1CC1. The molecule has 0 spiro atoms. The van der Waals surface area contributed by atoms with Gasteiger partial charge in [0.15, 0.2) is 0 Å². The second-order valence-electron chi connectivity index (χ2n) is 8.52. The van der Waals surface area contributed by atoms with Crippen LogP contribution in [-0.2, 0) is 11.2 Å². The molecule has 0 atom stereocenters. The van der Waals surface area contributed by atoms with Gasteiger partial charge in [-0.05, 0) is 70.4 Å². The minimum absolute atomic E-state index is 0.302. The van der Waals surface area contributed by atoms with Gasteiger partial charge < -0.3 is 4.90 Å². The Hall–Kier alpha value is -2.10. The van der Waals surface area contributed by atoms with Crippen LogP contribution < -0.4 is 0 Å². The average molecular weight is 366 g/mol. The molecule has 0 saturated heterocycles. The lowest BCUT2D eigenvalue weighted by molar-refractivity contribution is -0.134. The number of para-hydroxylation sites is 1. The molecule has 144 valence electrons. The first kappa shape index (κ1) is 18.3. The zero-order valence-electron chi connectivity index (χ0n) is 16.8. The summed E-state index contributed by atoms with van der Waals surface area (Å²) in [6.45, 7) is 6.45. The van der Waals surface area contributed by atoms with Gasteiger partial charge in [0.25, 0.3) is 0 Å². The first-order valence-corrected chi connectivity index (χ1v) is 10.5. The van der Waals surface area contributed by atoms with E-state index in [-0.39, 0.29) is 0 Å². The van der Waals surface area contributed by atoms with Gasteiger partial charge in [-0.25, -0.2) is 4.68 Å². The molecule has 0 N–H and O–H groups in total. The van der Waals surface area contributed by atoms with Crippen molar-refractivity contribution in [2.45, 2.75) is 77.8 Å². The number of nitrogens with zero attached hydrogens (tertiary/aromatic N) is 3. The molecule has 1 aromatic carbocycles. The number of benzene rings is 1. The van der Waals surface area contributed by atoms with Crippen molar-refractivity contribution in [1.29, 1.82) is 0 Å². The van der Waals surface area contributed by atoms with Gasteiger partial charge in [-0.3, -0.25) is 4.79 Å². The van der Waals surface area contributed by atoms with Crippen LogP contribution in [0.4, 0.5) is 0 Å². The quantitative estimate of drug-likeness (QED) is 0.776. The maximum absolute atomic E-state index is 13.3. The van der Waals surface area contributed by atoms with Gasteiger partial charge in [-0.15, -0.1) is 0 Å². The fraction of sp³-hybridized carbons (Fsp3) is 0.565. The molecule has 2 aliphatic rings. The Morgan fingerprint density at radius 2 is 1.63 bits per heavy atom. The molecule has 1 aromatic heterocycles. The zero-order chi connectivity index (χ0) is 19.0. The molecule has 0 radical (unpaired) electrons. The largest absolute Gasteiger partial charge is 0.336 e. The molecule has 0 bridgehead atoms. The van der Waals surface area contributed by atoms with E-state index in [1.807, 2.05) is 29.8 Å². The first-order chi connectivity index (χ1) is 13.0. The second-order valence-corrected chi connectivity index (χ2v) is 8.52. The lowest BCUT2D eigenvalue weighted by Gasteiger charge is -2.36. The van der Waals surface area contributed by atoms with Crippen LogP contribution in [0.2, 0.25) is 0 Å². The molecular weight excluding hydrogens is 334 g/mol. The second kappa shape index (κ2) is 7.49. The molecular formula is C23H31N3O. The molecule has 2 aromatic rings. The number of carbonyl (C=O) groups is 1. The molecule has 2 aliphatic carbocycles. The molecule has 4 nitrogen and oxygen atoms in total. The summed E-state index contributed by atoms with van der Waals surface area (Å²) >= 11 is 0. The Morgan fingerprint density at radius 3 is 2.22 bits per heavy atom. The van der Waals surface area contributed by atoms with Crippen LogP contribution >= 0.6 is 0 Å². The Morgan fingerprint density at radius 1 is 1.04 bits per heavy atom. The molecule has 1 heterocycles. The van der Waals surface area contributed by atoms with E-state index in [0.717, 1.165) is 28.6 Å². The van der Waals surface area contributed by atoms with Crippen molar-refractivity contribution in [2.75, 3.05) is 0 Å². The standard InChI is InChI=1S/C23H31N3O/c1-16-9-11-19(12-10-16)25(20-13-14-20)23(27)15-22-17(2)24-26(18(22)3)21-7-5-4-6-8-21/h4-8,16,19-20H,9-15H2,1-3H3. The predicted molar refractivity (Wildman–Crippen MR) is 108 cm³/mol. The summed E-state index contributed by atoms with van der Waals surface area (Å²) in [6, 6.07) is 11.1. The summed E-state index contributed by atoms with van der Waals surface area (Å²) in [7, 11) is 0. The number of amides is 1. The smallest absolute Gasteiger partial charge is 0.227 e. The molecule has 1 amide bonds. The highest BCUT2D eigenvalue weighted by atomic mass is 16.2. The van der Waals surface area contributed by atoms with Crippen molar-refractivity contribution in [2.24, 2.45) is 5.92 Å². The van der Waals surface area contributed by atoms with E-state index in [1.54, 1.807) is 0 Å². The third-order valence-corrected chi connectivity index (χ3v) is 6.38. The molecule has 0 aliphatic heterocycles. The summed E-state index contributed by atoms with van der Waals surface area (Å²) < 4.78 is 1.97. The van der Waals surface area contributed by atoms with Gasteiger partial charge >= 0.3 is 0 Å². The highest BCUT2D eigenvalue weighted by Crippen LogP contribution is 2.36. The van der Waals surface area contributed by atoms with Crippen LogP contribution in [0.3, 0.4) is 0 Å². The van der Waals surface area contributed by atoms with E-state index in [4.69, 9.17) is 5.10 Å². The minimum atomic E-state index is 0.302. The molecule has 4 heteroatoms. The van der Waals surface area contributed by atoms with Gasteiger partial charge in [0, 0.05) is 23.3 Å². The van der Waals surface area contributed by atoms with Crippen LogP contribution in [0.25, 0.3) is 5.69 Å². The van der Waals surface area contributed by atoms with E-state index < -0.39 is 0 Å².